The van der Waals surface area contributed by atoms with Gasteiger partial charge in [-0.15, -0.1) is 0 Å². The molecule has 0 unspecified atom stereocenters. The minimum absolute atomic E-state index is 0.403. The molecule has 0 atom stereocenters. The summed E-state index contributed by atoms with van der Waals surface area (Å²) in [4.78, 5) is 3.94. The Balaban J connectivity index is 0. The molecule has 0 spiro atoms. The summed E-state index contributed by atoms with van der Waals surface area (Å²) in [5.41, 5.74) is -0.403. The Labute approximate surface area is 57.0 Å². The molecule has 1 N–H and O–H groups in total. The predicted octanol–water partition coefficient (Wildman–Crippen LogP) is 0.775. The summed E-state index contributed by atoms with van der Waals surface area (Å²) in [5, 5.41) is 7.90. The van der Waals surface area contributed by atoms with Gasteiger partial charge in [0.15, 0.2) is 0 Å². The van der Waals surface area contributed by atoms with E-state index in [1.54, 1.807) is 20.8 Å². The monoisotopic (exact) mass is 186 g/mol. The minimum atomic E-state index is -0.403. The second-order valence-corrected chi connectivity index (χ2v) is 2.20. The van der Waals surface area contributed by atoms with Crippen molar-refractivity contribution in [1.82, 2.24) is 0 Å². The summed E-state index contributed by atoms with van der Waals surface area (Å²) in [7, 11) is 0. The van der Waals surface area contributed by atoms with E-state index >= 15 is 0 Å². The second-order valence-electron chi connectivity index (χ2n) is 2.20. The Morgan fingerprint density at radius 2 is 1.50 bits per heavy atom. The fraction of sp³-hybridized carbons (Fsp3) is 1.00. The molecule has 0 saturated heterocycles. The van der Waals surface area contributed by atoms with E-state index in [4.69, 9.17) is 9.09 Å². The van der Waals surface area contributed by atoms with Gasteiger partial charge in [0.1, 0.15) is 0 Å². The zero-order chi connectivity index (χ0) is 7.21. The average molecular weight is 185 g/mol. The van der Waals surface area contributed by atoms with Crippen LogP contribution in [-0.2, 0) is 8.72 Å². The molecule has 0 aliphatic carbocycles. The van der Waals surface area contributed by atoms with Gasteiger partial charge < -0.3 is 0 Å². The van der Waals surface area contributed by atoms with Crippen LogP contribution in [0.1, 0.15) is 20.8 Å². The number of rotatable bonds is 0. The molecule has 3 nitrogen and oxygen atoms in total. The van der Waals surface area contributed by atoms with Crippen LogP contribution in [0.5, 0.6) is 0 Å². The van der Waals surface area contributed by atoms with Crippen molar-refractivity contribution in [2.75, 3.05) is 0 Å². The fourth-order valence-corrected chi connectivity index (χ4v) is 0. The van der Waals surface area contributed by atoms with Crippen molar-refractivity contribution in [3.05, 3.63) is 0 Å². The molecule has 0 aliphatic heterocycles. The maximum absolute atomic E-state index is 8.12. The molecule has 0 bridgehead atoms. The van der Waals surface area contributed by atoms with E-state index in [2.05, 4.69) is 4.89 Å². The molecule has 0 fully saturated rings. The summed E-state index contributed by atoms with van der Waals surface area (Å²) in [6, 6.07) is 0. The first-order valence-electron chi connectivity index (χ1n) is 2.05. The van der Waals surface area contributed by atoms with Crippen LogP contribution in [0.15, 0.2) is 0 Å². The zero-order valence-electron chi connectivity index (χ0n) is 5.17. The summed E-state index contributed by atoms with van der Waals surface area (Å²) < 4.78 is 8.12. The maximum atomic E-state index is 8.12. The van der Waals surface area contributed by atoms with Crippen molar-refractivity contribution in [2.45, 2.75) is 26.4 Å². The molecule has 50 valence electrons. The van der Waals surface area contributed by atoms with Crippen molar-refractivity contribution in [1.29, 1.82) is 0 Å². The standard InChI is InChI=1S/C4H10O2.OSe/c1-4(2,3)6-5;1-2/h5H,1-3H3;. The zero-order valence-corrected chi connectivity index (χ0v) is 6.89. The summed E-state index contributed by atoms with van der Waals surface area (Å²) in [6.07, 6.45) is 0. The van der Waals surface area contributed by atoms with Crippen LogP contribution in [0.3, 0.4) is 0 Å². The number of hydrogen-bond donors (Lipinski definition) is 1. The Hall–Kier alpha value is 0.239. The molecule has 0 amide bonds. The van der Waals surface area contributed by atoms with Crippen LogP contribution in [0.25, 0.3) is 0 Å². The van der Waals surface area contributed by atoms with Crippen molar-refractivity contribution in [3.8, 4) is 0 Å². The molecule has 0 rings (SSSR count). The third-order valence-corrected chi connectivity index (χ3v) is 0.274. The van der Waals surface area contributed by atoms with Crippen LogP contribution in [0, 0.1) is 0 Å². The second kappa shape index (κ2) is 5.38. The van der Waals surface area contributed by atoms with E-state index in [1.807, 2.05) is 0 Å². The molecule has 0 aromatic carbocycles. The van der Waals surface area contributed by atoms with Crippen molar-refractivity contribution < 1.29 is 14.0 Å². The first-order chi connectivity index (χ1) is 3.56. The molecule has 0 aromatic rings. The van der Waals surface area contributed by atoms with Gasteiger partial charge in [0.25, 0.3) is 0 Å². The normalized spacial score (nSPS) is 9.50. The Bertz CT molecular complexity index is 49.7. The number of hydrogen-bond acceptors (Lipinski definition) is 3. The first kappa shape index (κ1) is 11.1. The van der Waals surface area contributed by atoms with Crippen LogP contribution in [-0.4, -0.2) is 26.8 Å². The predicted molar refractivity (Wildman–Crippen MR) is 29.9 cm³/mol. The van der Waals surface area contributed by atoms with E-state index in [-0.39, 0.29) is 0 Å². The van der Waals surface area contributed by atoms with Crippen LogP contribution < -0.4 is 0 Å². The van der Waals surface area contributed by atoms with E-state index in [9.17, 15) is 0 Å². The van der Waals surface area contributed by atoms with E-state index < -0.39 is 5.60 Å². The average Bonchev–Trinajstić information content (AvgIpc) is 1.71. The molecule has 8 heavy (non-hydrogen) atoms. The molecule has 4 heteroatoms. The Kier molecular flexibility index (Phi) is 7.46. The van der Waals surface area contributed by atoms with Gasteiger partial charge in [-0.05, 0) is 20.8 Å². The van der Waals surface area contributed by atoms with Crippen molar-refractivity contribution >= 4 is 15.9 Å². The molecule has 0 aliphatic rings. The third kappa shape index (κ3) is 16.3. The van der Waals surface area contributed by atoms with Gasteiger partial charge >= 0.3 is 19.8 Å². The van der Waals surface area contributed by atoms with Crippen molar-refractivity contribution in [3.63, 3.8) is 0 Å². The van der Waals surface area contributed by atoms with Crippen LogP contribution in [0.4, 0.5) is 0 Å². The third-order valence-electron chi connectivity index (χ3n) is 0.274. The molecular formula is C4H10O3Se. The topological polar surface area (TPSA) is 46.5 Å². The SMILES string of the molecule is CC(C)(C)OO.O=[Se]. The van der Waals surface area contributed by atoms with Gasteiger partial charge in [-0.2, -0.15) is 0 Å². The summed E-state index contributed by atoms with van der Waals surface area (Å²) in [6.45, 7) is 5.31. The molecule has 0 aromatic heterocycles. The van der Waals surface area contributed by atoms with E-state index in [0.717, 1.165) is 0 Å². The van der Waals surface area contributed by atoms with Crippen LogP contribution >= 0.6 is 0 Å². The Morgan fingerprint density at radius 3 is 1.50 bits per heavy atom. The molecule has 0 saturated carbocycles. The molecular weight excluding hydrogens is 175 g/mol. The Morgan fingerprint density at radius 1 is 1.38 bits per heavy atom. The van der Waals surface area contributed by atoms with Gasteiger partial charge in [-0.1, -0.05) is 0 Å². The van der Waals surface area contributed by atoms with E-state index in [0.29, 0.717) is 0 Å². The first-order valence-corrected chi connectivity index (χ1v) is 2.75. The van der Waals surface area contributed by atoms with Gasteiger partial charge in [0.2, 0.25) is 0 Å². The fourth-order valence-electron chi connectivity index (χ4n) is 0. The van der Waals surface area contributed by atoms with Gasteiger partial charge in [0.05, 0.1) is 5.60 Å². The van der Waals surface area contributed by atoms with Gasteiger partial charge in [-0.25, -0.2) is 4.89 Å². The van der Waals surface area contributed by atoms with Gasteiger partial charge in [0, 0.05) is 0 Å². The summed E-state index contributed by atoms with van der Waals surface area (Å²) >= 11 is 1.38. The van der Waals surface area contributed by atoms with Gasteiger partial charge in [-0.3, -0.25) is 5.26 Å². The quantitative estimate of drug-likeness (QED) is 0.344. The van der Waals surface area contributed by atoms with Crippen LogP contribution in [0.2, 0.25) is 0 Å². The van der Waals surface area contributed by atoms with E-state index in [1.165, 1.54) is 15.9 Å². The summed E-state index contributed by atoms with van der Waals surface area (Å²) in [5.74, 6) is 0. The molecule has 0 heterocycles. The molecule has 0 radical (unpaired) electrons. The van der Waals surface area contributed by atoms with Crippen molar-refractivity contribution in [2.24, 2.45) is 0 Å².